The zero-order valence-corrected chi connectivity index (χ0v) is 14.4. The molecule has 0 radical (unpaired) electrons. The summed E-state index contributed by atoms with van der Waals surface area (Å²) in [5.41, 5.74) is 1.19. The summed E-state index contributed by atoms with van der Waals surface area (Å²) in [6.07, 6.45) is -0.771. The van der Waals surface area contributed by atoms with Gasteiger partial charge < -0.3 is 9.84 Å². The molecule has 0 amide bonds. The van der Waals surface area contributed by atoms with Gasteiger partial charge in [-0.15, -0.1) is 0 Å². The Labute approximate surface area is 141 Å². The quantitative estimate of drug-likeness (QED) is 0.780. The van der Waals surface area contributed by atoms with Gasteiger partial charge in [-0.2, -0.15) is 0 Å². The largest absolute Gasteiger partial charge is 0.487 e. The first-order chi connectivity index (χ1) is 10.3. The van der Waals surface area contributed by atoms with Gasteiger partial charge in [-0.3, -0.25) is 0 Å². The van der Waals surface area contributed by atoms with Crippen LogP contribution in [0.2, 0.25) is 10.0 Å². The molecular formula is C18H20Cl2O2. The van der Waals surface area contributed by atoms with Gasteiger partial charge in [0, 0.05) is 10.6 Å². The molecule has 0 aliphatic heterocycles. The lowest BCUT2D eigenvalue weighted by molar-refractivity contribution is 0.0626. The minimum Gasteiger partial charge on any atom is -0.487 e. The van der Waals surface area contributed by atoms with Gasteiger partial charge in [0.1, 0.15) is 12.4 Å². The summed E-state index contributed by atoms with van der Waals surface area (Å²) in [7, 11) is 0. The van der Waals surface area contributed by atoms with E-state index >= 15 is 0 Å². The molecule has 0 saturated carbocycles. The summed E-state index contributed by atoms with van der Waals surface area (Å²) in [6, 6.07) is 13.3. The van der Waals surface area contributed by atoms with Crippen LogP contribution in [-0.2, 0) is 6.61 Å². The number of ether oxygens (including phenoxy) is 1. The molecule has 0 fully saturated rings. The van der Waals surface area contributed by atoms with E-state index < -0.39 is 6.10 Å². The van der Waals surface area contributed by atoms with Crippen LogP contribution >= 0.6 is 23.2 Å². The summed E-state index contributed by atoms with van der Waals surface area (Å²) in [6.45, 7) is 6.21. The van der Waals surface area contributed by atoms with Crippen molar-refractivity contribution in [1.29, 1.82) is 0 Å². The number of aliphatic hydroxyl groups excluding tert-OH is 1. The van der Waals surface area contributed by atoms with Crippen LogP contribution in [0.4, 0.5) is 0 Å². The molecule has 0 saturated heterocycles. The molecule has 1 atom stereocenters. The summed E-state index contributed by atoms with van der Waals surface area (Å²) in [4.78, 5) is 0. The van der Waals surface area contributed by atoms with Crippen LogP contribution < -0.4 is 4.74 Å². The van der Waals surface area contributed by atoms with Gasteiger partial charge in [-0.25, -0.2) is 0 Å². The Kier molecular flexibility index (Phi) is 5.38. The molecule has 4 heteroatoms. The Balaban J connectivity index is 2.27. The molecule has 0 aromatic heterocycles. The van der Waals surface area contributed by atoms with Crippen molar-refractivity contribution < 1.29 is 9.84 Å². The van der Waals surface area contributed by atoms with E-state index in [0.29, 0.717) is 28.0 Å². The van der Waals surface area contributed by atoms with E-state index in [1.54, 1.807) is 12.1 Å². The minimum absolute atomic E-state index is 0.367. The van der Waals surface area contributed by atoms with Crippen LogP contribution in [0.15, 0.2) is 42.5 Å². The molecule has 0 spiro atoms. The first-order valence-corrected chi connectivity index (χ1v) is 7.89. The predicted molar refractivity (Wildman–Crippen MR) is 91.7 cm³/mol. The molecule has 118 valence electrons. The fourth-order valence-corrected chi connectivity index (χ4v) is 2.71. The maximum atomic E-state index is 10.5. The average molecular weight is 339 g/mol. The van der Waals surface area contributed by atoms with E-state index in [1.165, 1.54) is 0 Å². The zero-order chi connectivity index (χ0) is 16.3. The number of rotatable bonds is 4. The highest BCUT2D eigenvalue weighted by atomic mass is 35.5. The standard InChI is InChI=1S/C18H20Cl2O2/c1-18(2,3)17(21)15-13(19)9-10-14(16(15)20)22-11-12-7-5-4-6-8-12/h4-10,17,21H,11H2,1-3H3. The van der Waals surface area contributed by atoms with Gasteiger partial charge in [0.15, 0.2) is 0 Å². The number of benzene rings is 2. The molecule has 2 aromatic rings. The van der Waals surface area contributed by atoms with Crippen molar-refractivity contribution in [3.05, 3.63) is 63.6 Å². The van der Waals surface area contributed by atoms with Gasteiger partial charge in [0.05, 0.1) is 11.1 Å². The van der Waals surface area contributed by atoms with Crippen molar-refractivity contribution in [1.82, 2.24) is 0 Å². The van der Waals surface area contributed by atoms with Gasteiger partial charge in [-0.1, -0.05) is 74.3 Å². The fourth-order valence-electron chi connectivity index (χ4n) is 2.08. The van der Waals surface area contributed by atoms with E-state index in [2.05, 4.69) is 0 Å². The topological polar surface area (TPSA) is 29.5 Å². The van der Waals surface area contributed by atoms with E-state index in [9.17, 15) is 5.11 Å². The molecule has 0 aliphatic carbocycles. The maximum Gasteiger partial charge on any atom is 0.138 e. The third-order valence-corrected chi connectivity index (χ3v) is 4.14. The number of hydrogen-bond donors (Lipinski definition) is 1. The summed E-state index contributed by atoms with van der Waals surface area (Å²) in [5.74, 6) is 0.521. The number of aliphatic hydroxyl groups is 1. The predicted octanol–water partition coefficient (Wildman–Crippen LogP) is 5.65. The van der Waals surface area contributed by atoms with Gasteiger partial charge >= 0.3 is 0 Å². The van der Waals surface area contributed by atoms with Gasteiger partial charge in [0.25, 0.3) is 0 Å². The van der Waals surface area contributed by atoms with Crippen molar-refractivity contribution in [3.63, 3.8) is 0 Å². The highest BCUT2D eigenvalue weighted by Gasteiger charge is 2.29. The van der Waals surface area contributed by atoms with E-state index in [4.69, 9.17) is 27.9 Å². The van der Waals surface area contributed by atoms with Crippen molar-refractivity contribution in [3.8, 4) is 5.75 Å². The summed E-state index contributed by atoms with van der Waals surface area (Å²) < 4.78 is 5.78. The normalized spacial score (nSPS) is 13.0. The van der Waals surface area contributed by atoms with Crippen LogP contribution in [-0.4, -0.2) is 5.11 Å². The zero-order valence-electron chi connectivity index (χ0n) is 12.9. The summed E-state index contributed by atoms with van der Waals surface area (Å²) in [5, 5.41) is 11.3. The Hall–Kier alpha value is -1.22. The third kappa shape index (κ3) is 3.95. The molecular weight excluding hydrogens is 319 g/mol. The Morgan fingerprint density at radius 1 is 1.05 bits per heavy atom. The lowest BCUT2D eigenvalue weighted by atomic mass is 9.84. The van der Waals surface area contributed by atoms with E-state index in [1.807, 2.05) is 51.1 Å². The first kappa shape index (κ1) is 17.1. The van der Waals surface area contributed by atoms with Crippen LogP contribution in [0.25, 0.3) is 0 Å². The van der Waals surface area contributed by atoms with Gasteiger partial charge in [0.2, 0.25) is 0 Å². The molecule has 2 rings (SSSR count). The van der Waals surface area contributed by atoms with Gasteiger partial charge in [-0.05, 0) is 23.1 Å². The Bertz CT molecular complexity index is 634. The van der Waals surface area contributed by atoms with Crippen molar-refractivity contribution in [2.24, 2.45) is 5.41 Å². The first-order valence-electron chi connectivity index (χ1n) is 7.13. The highest BCUT2D eigenvalue weighted by Crippen LogP contribution is 2.43. The molecule has 2 aromatic carbocycles. The van der Waals surface area contributed by atoms with Crippen LogP contribution in [0.5, 0.6) is 5.75 Å². The minimum atomic E-state index is -0.771. The van der Waals surface area contributed by atoms with E-state index in [0.717, 1.165) is 5.56 Å². The van der Waals surface area contributed by atoms with Crippen LogP contribution in [0.1, 0.15) is 38.0 Å². The smallest absolute Gasteiger partial charge is 0.138 e. The van der Waals surface area contributed by atoms with Crippen LogP contribution in [0, 0.1) is 5.41 Å². The average Bonchev–Trinajstić information content (AvgIpc) is 2.46. The Morgan fingerprint density at radius 3 is 2.27 bits per heavy atom. The van der Waals surface area contributed by atoms with Crippen LogP contribution in [0.3, 0.4) is 0 Å². The van der Waals surface area contributed by atoms with Crippen molar-refractivity contribution >= 4 is 23.2 Å². The molecule has 1 N–H and O–H groups in total. The fraction of sp³-hybridized carbons (Fsp3) is 0.333. The van der Waals surface area contributed by atoms with E-state index in [-0.39, 0.29) is 5.41 Å². The second-order valence-electron chi connectivity index (χ2n) is 6.32. The molecule has 0 aliphatic rings. The second kappa shape index (κ2) is 6.91. The highest BCUT2D eigenvalue weighted by molar-refractivity contribution is 6.37. The monoisotopic (exact) mass is 338 g/mol. The number of hydrogen-bond acceptors (Lipinski definition) is 2. The molecule has 2 nitrogen and oxygen atoms in total. The second-order valence-corrected chi connectivity index (χ2v) is 7.10. The van der Waals surface area contributed by atoms with Crippen molar-refractivity contribution in [2.45, 2.75) is 33.5 Å². The van der Waals surface area contributed by atoms with Crippen molar-refractivity contribution in [2.75, 3.05) is 0 Å². The molecule has 1 unspecified atom stereocenters. The lowest BCUT2D eigenvalue weighted by Crippen LogP contribution is -2.18. The lowest BCUT2D eigenvalue weighted by Gasteiger charge is -2.28. The third-order valence-electron chi connectivity index (χ3n) is 3.42. The SMILES string of the molecule is CC(C)(C)C(O)c1c(Cl)ccc(OCc2ccccc2)c1Cl. The summed E-state index contributed by atoms with van der Waals surface area (Å²) >= 11 is 12.6. The molecule has 0 bridgehead atoms. The molecule has 22 heavy (non-hydrogen) atoms. The maximum absolute atomic E-state index is 10.5. The Morgan fingerprint density at radius 2 is 1.68 bits per heavy atom. The number of halogens is 2. The molecule has 0 heterocycles.